The number of nitrogens with one attached hydrogen (secondary N) is 2. The lowest BCUT2D eigenvalue weighted by Gasteiger charge is -2.17. The summed E-state index contributed by atoms with van der Waals surface area (Å²) in [6, 6.07) is 5.36. The van der Waals surface area contributed by atoms with Crippen LogP contribution in [-0.2, 0) is 11.8 Å². The molecule has 1 aromatic heterocycles. The third kappa shape index (κ3) is 4.07. The number of hydrogen-bond acceptors (Lipinski definition) is 3. The molecule has 0 aliphatic carbocycles. The third-order valence-corrected chi connectivity index (χ3v) is 5.11. The Kier molecular flexibility index (Phi) is 6.08. The zero-order chi connectivity index (χ0) is 15.7. The lowest BCUT2D eigenvalue weighted by molar-refractivity contribution is -0.119. The molecule has 1 aliphatic rings. The Morgan fingerprint density at radius 2 is 2.26 bits per heavy atom. The molecule has 2 N–H and O–H groups in total. The number of aryl methyl sites for hydroxylation is 1. The van der Waals surface area contributed by atoms with Gasteiger partial charge >= 0.3 is 0 Å². The van der Waals surface area contributed by atoms with E-state index in [0.29, 0.717) is 11.6 Å². The van der Waals surface area contributed by atoms with Crippen molar-refractivity contribution in [1.29, 1.82) is 0 Å². The van der Waals surface area contributed by atoms with Crippen molar-refractivity contribution in [2.75, 3.05) is 18.4 Å². The number of benzene rings is 1. The van der Waals surface area contributed by atoms with E-state index < -0.39 is 0 Å². The number of rotatable bonds is 3. The minimum absolute atomic E-state index is 0. The summed E-state index contributed by atoms with van der Waals surface area (Å²) < 4.78 is 2.53. The van der Waals surface area contributed by atoms with E-state index in [1.807, 2.05) is 25.5 Å². The van der Waals surface area contributed by atoms with Gasteiger partial charge < -0.3 is 10.6 Å². The largest absolute Gasteiger partial charge is 0.326 e. The Labute approximate surface area is 154 Å². The number of anilines is 1. The highest BCUT2D eigenvalue weighted by Gasteiger charge is 2.34. The zero-order valence-corrected chi connectivity index (χ0v) is 15.6. The molecular weight excluding hydrogens is 403 g/mol. The fourth-order valence-electron chi connectivity index (χ4n) is 2.74. The third-order valence-electron chi connectivity index (χ3n) is 3.89. The summed E-state index contributed by atoms with van der Waals surface area (Å²) >= 11 is 9.34. The molecule has 124 valence electrons. The van der Waals surface area contributed by atoms with E-state index in [1.165, 1.54) is 0 Å². The molecule has 1 aliphatic heterocycles. The second kappa shape index (κ2) is 7.66. The lowest BCUT2D eigenvalue weighted by Crippen LogP contribution is -2.28. The quantitative estimate of drug-likeness (QED) is 0.802. The Bertz CT molecular complexity index is 707. The number of halogens is 3. The summed E-state index contributed by atoms with van der Waals surface area (Å²) in [7, 11) is 1.88. The maximum Gasteiger partial charge on any atom is 0.229 e. The van der Waals surface area contributed by atoms with E-state index in [-0.39, 0.29) is 30.2 Å². The van der Waals surface area contributed by atoms with Crippen molar-refractivity contribution >= 4 is 51.5 Å². The van der Waals surface area contributed by atoms with Crippen LogP contribution in [0, 0.1) is 5.92 Å². The van der Waals surface area contributed by atoms with E-state index in [4.69, 9.17) is 11.6 Å². The molecule has 0 bridgehead atoms. The van der Waals surface area contributed by atoms with Gasteiger partial charge in [-0.3, -0.25) is 9.48 Å². The van der Waals surface area contributed by atoms with Crippen LogP contribution in [0.1, 0.15) is 11.5 Å². The van der Waals surface area contributed by atoms with Crippen molar-refractivity contribution in [2.45, 2.75) is 5.92 Å². The van der Waals surface area contributed by atoms with E-state index >= 15 is 0 Å². The summed E-state index contributed by atoms with van der Waals surface area (Å²) in [4.78, 5) is 12.6. The zero-order valence-electron chi connectivity index (χ0n) is 12.4. The van der Waals surface area contributed by atoms with E-state index in [0.717, 1.165) is 22.3 Å². The van der Waals surface area contributed by atoms with E-state index in [9.17, 15) is 4.79 Å². The van der Waals surface area contributed by atoms with Gasteiger partial charge in [0.25, 0.3) is 0 Å². The van der Waals surface area contributed by atoms with Gasteiger partial charge in [-0.25, -0.2) is 0 Å². The van der Waals surface area contributed by atoms with Gasteiger partial charge in [0.05, 0.1) is 17.1 Å². The maximum absolute atomic E-state index is 12.6. The van der Waals surface area contributed by atoms with Gasteiger partial charge in [0, 0.05) is 42.4 Å². The molecule has 1 fully saturated rings. The number of hydrogen-bond donors (Lipinski definition) is 2. The summed E-state index contributed by atoms with van der Waals surface area (Å²) in [6.07, 6.45) is 3.80. The van der Waals surface area contributed by atoms with Crippen LogP contribution in [0.5, 0.6) is 0 Å². The molecule has 1 amide bonds. The number of carbonyl (C=O) groups excluding carboxylic acids is 1. The smallest absolute Gasteiger partial charge is 0.229 e. The number of carbonyl (C=O) groups is 1. The maximum atomic E-state index is 12.6. The van der Waals surface area contributed by atoms with Crippen LogP contribution in [0.25, 0.3) is 0 Å². The van der Waals surface area contributed by atoms with Crippen LogP contribution in [0.4, 0.5) is 5.69 Å². The Hall–Kier alpha value is -1.08. The monoisotopic (exact) mass is 418 g/mol. The van der Waals surface area contributed by atoms with Crippen molar-refractivity contribution in [1.82, 2.24) is 15.1 Å². The van der Waals surface area contributed by atoms with Crippen LogP contribution in [0.3, 0.4) is 0 Å². The number of nitrogens with zero attached hydrogens (tertiary/aromatic N) is 2. The first-order valence-electron chi connectivity index (χ1n) is 7.00. The van der Waals surface area contributed by atoms with Gasteiger partial charge in [0.1, 0.15) is 0 Å². The minimum Gasteiger partial charge on any atom is -0.326 e. The summed E-state index contributed by atoms with van der Waals surface area (Å²) in [6.45, 7) is 1.45. The Balaban J connectivity index is 0.00000192. The van der Waals surface area contributed by atoms with Crippen LogP contribution in [0.2, 0.25) is 5.02 Å². The van der Waals surface area contributed by atoms with Crippen molar-refractivity contribution in [3.05, 3.63) is 45.7 Å². The highest BCUT2D eigenvalue weighted by atomic mass is 79.9. The Morgan fingerprint density at radius 1 is 1.48 bits per heavy atom. The SMILES string of the molecule is Cl.Cn1cc([C@H]2CNC[C@@H]2C(=O)Nc2ccc(Cl)c(Br)c2)cn1. The van der Waals surface area contributed by atoms with Crippen molar-refractivity contribution in [3.8, 4) is 0 Å². The predicted molar refractivity (Wildman–Crippen MR) is 97.3 cm³/mol. The van der Waals surface area contributed by atoms with Gasteiger partial charge in [-0.05, 0) is 39.7 Å². The average molecular weight is 420 g/mol. The molecule has 1 aromatic carbocycles. The molecule has 2 aromatic rings. The lowest BCUT2D eigenvalue weighted by atomic mass is 9.90. The standard InChI is InChI=1S/C15H16BrClN4O.ClH/c1-21-8-9(5-19-21)11-6-18-7-12(11)15(22)20-10-2-3-14(17)13(16)4-10;/h2-5,8,11-12,18H,6-7H2,1H3,(H,20,22);1H/t11-,12+;/m1./s1. The second-order valence-corrected chi connectivity index (χ2v) is 6.70. The van der Waals surface area contributed by atoms with Crippen molar-refractivity contribution in [3.63, 3.8) is 0 Å². The normalized spacial score (nSPS) is 20.1. The van der Waals surface area contributed by atoms with Crippen LogP contribution in [0.15, 0.2) is 35.1 Å². The highest BCUT2D eigenvalue weighted by Crippen LogP contribution is 2.30. The van der Waals surface area contributed by atoms with E-state index in [2.05, 4.69) is 31.7 Å². The fraction of sp³-hybridized carbons (Fsp3) is 0.333. The molecule has 3 rings (SSSR count). The average Bonchev–Trinajstić information content (AvgIpc) is 3.11. The molecule has 2 atom stereocenters. The fourth-order valence-corrected chi connectivity index (χ4v) is 3.24. The second-order valence-electron chi connectivity index (χ2n) is 5.44. The topological polar surface area (TPSA) is 59.0 Å². The van der Waals surface area contributed by atoms with Crippen LogP contribution >= 0.6 is 39.9 Å². The Morgan fingerprint density at radius 3 is 2.91 bits per heavy atom. The minimum atomic E-state index is -0.112. The van der Waals surface area contributed by atoms with E-state index in [1.54, 1.807) is 16.8 Å². The molecule has 5 nitrogen and oxygen atoms in total. The van der Waals surface area contributed by atoms with Gasteiger partial charge in [-0.2, -0.15) is 5.10 Å². The first-order chi connectivity index (χ1) is 10.5. The molecule has 1 saturated heterocycles. The van der Waals surface area contributed by atoms with Gasteiger partial charge in [0.2, 0.25) is 5.91 Å². The highest BCUT2D eigenvalue weighted by molar-refractivity contribution is 9.10. The molecule has 8 heteroatoms. The predicted octanol–water partition coefficient (Wildman–Crippen LogP) is 3.20. The first kappa shape index (κ1) is 18.3. The van der Waals surface area contributed by atoms with Crippen molar-refractivity contribution in [2.24, 2.45) is 13.0 Å². The summed E-state index contributed by atoms with van der Waals surface area (Å²) in [5.41, 5.74) is 1.82. The van der Waals surface area contributed by atoms with Gasteiger partial charge in [-0.1, -0.05) is 11.6 Å². The number of amides is 1. The van der Waals surface area contributed by atoms with Crippen LogP contribution in [-0.4, -0.2) is 28.8 Å². The van der Waals surface area contributed by atoms with Gasteiger partial charge in [-0.15, -0.1) is 12.4 Å². The molecule has 0 saturated carbocycles. The summed E-state index contributed by atoms with van der Waals surface area (Å²) in [5.74, 6) is 0.0381. The molecule has 0 unspecified atom stereocenters. The molecule has 0 spiro atoms. The van der Waals surface area contributed by atoms with Crippen molar-refractivity contribution < 1.29 is 4.79 Å². The van der Waals surface area contributed by atoms with Gasteiger partial charge in [0.15, 0.2) is 0 Å². The molecule has 2 heterocycles. The molecule has 23 heavy (non-hydrogen) atoms. The molecule has 0 radical (unpaired) electrons. The number of aromatic nitrogens is 2. The first-order valence-corrected chi connectivity index (χ1v) is 8.17. The molecular formula is C15H17BrCl2N4O. The summed E-state index contributed by atoms with van der Waals surface area (Å²) in [5, 5.41) is 11.1. The van der Waals surface area contributed by atoms with Crippen LogP contribution < -0.4 is 10.6 Å².